The molecule has 1 atom stereocenters. The second kappa shape index (κ2) is 5.42. The van der Waals surface area contributed by atoms with Crippen molar-refractivity contribution in [3.63, 3.8) is 0 Å². The number of nitrogen functional groups attached to an aromatic ring is 1. The van der Waals surface area contributed by atoms with Gasteiger partial charge in [0.1, 0.15) is 0 Å². The minimum absolute atomic E-state index is 0.524. The van der Waals surface area contributed by atoms with E-state index in [1.165, 1.54) is 0 Å². The number of hydrogen-bond donors (Lipinski definition) is 2. The predicted octanol–water partition coefficient (Wildman–Crippen LogP) is 4.03. The smallest absolute Gasteiger partial charge is 0.0807 e. The van der Waals surface area contributed by atoms with Crippen LogP contribution in [0.4, 0.5) is 5.69 Å². The molecular weight excluding hydrogens is 246 g/mol. The Labute approximate surface area is 112 Å². The fourth-order valence-corrected chi connectivity index (χ4v) is 2.12. The molecular formula is C15H16ClNO. The maximum absolute atomic E-state index is 9.93. The Morgan fingerprint density at radius 2 is 1.89 bits per heavy atom. The average Bonchev–Trinajstić information content (AvgIpc) is 2.38. The Morgan fingerprint density at radius 1 is 1.17 bits per heavy atom. The molecule has 2 nitrogen and oxygen atoms in total. The molecule has 0 fully saturated rings. The largest absolute Gasteiger partial charge is 0.398 e. The minimum atomic E-state index is -0.524. The van der Waals surface area contributed by atoms with E-state index in [0.717, 1.165) is 16.7 Å². The van der Waals surface area contributed by atoms with Crippen LogP contribution in [0.15, 0.2) is 42.5 Å². The van der Waals surface area contributed by atoms with Crippen LogP contribution in [0, 0.1) is 0 Å². The highest BCUT2D eigenvalue weighted by Crippen LogP contribution is 2.30. The highest BCUT2D eigenvalue weighted by Gasteiger charge is 2.10. The fraction of sp³-hybridized carbons (Fsp3) is 0.200. The van der Waals surface area contributed by atoms with Crippen molar-refractivity contribution >= 4 is 17.3 Å². The quantitative estimate of drug-likeness (QED) is 0.820. The van der Waals surface area contributed by atoms with Gasteiger partial charge in [-0.3, -0.25) is 0 Å². The van der Waals surface area contributed by atoms with Crippen LogP contribution < -0.4 is 5.73 Å². The Kier molecular flexibility index (Phi) is 3.90. The van der Waals surface area contributed by atoms with Crippen LogP contribution in [0.1, 0.15) is 25.0 Å². The summed E-state index contributed by atoms with van der Waals surface area (Å²) in [7, 11) is 0. The summed E-state index contributed by atoms with van der Waals surface area (Å²) in [5, 5.41) is 10.6. The molecule has 2 rings (SSSR count). The molecule has 2 aromatic rings. The van der Waals surface area contributed by atoms with E-state index >= 15 is 0 Å². The van der Waals surface area contributed by atoms with E-state index in [9.17, 15) is 5.11 Å². The fourth-order valence-electron chi connectivity index (χ4n) is 1.93. The van der Waals surface area contributed by atoms with Crippen LogP contribution in [-0.4, -0.2) is 5.11 Å². The van der Waals surface area contributed by atoms with Crippen molar-refractivity contribution in [2.24, 2.45) is 0 Å². The monoisotopic (exact) mass is 261 g/mol. The van der Waals surface area contributed by atoms with Gasteiger partial charge in [0.15, 0.2) is 0 Å². The van der Waals surface area contributed by atoms with Gasteiger partial charge in [-0.05, 0) is 41.8 Å². The van der Waals surface area contributed by atoms with Gasteiger partial charge >= 0.3 is 0 Å². The average molecular weight is 262 g/mol. The van der Waals surface area contributed by atoms with Crippen molar-refractivity contribution in [1.29, 1.82) is 0 Å². The second-order valence-corrected chi connectivity index (χ2v) is 4.71. The molecule has 18 heavy (non-hydrogen) atoms. The number of nitrogens with two attached hydrogens (primary N) is 1. The normalized spacial score (nSPS) is 12.4. The van der Waals surface area contributed by atoms with Gasteiger partial charge in [0.25, 0.3) is 0 Å². The van der Waals surface area contributed by atoms with Gasteiger partial charge in [0.05, 0.1) is 6.10 Å². The predicted molar refractivity (Wildman–Crippen MR) is 76.6 cm³/mol. The summed E-state index contributed by atoms with van der Waals surface area (Å²) in [4.78, 5) is 0. The summed E-state index contributed by atoms with van der Waals surface area (Å²) in [5.41, 5.74) is 9.31. The van der Waals surface area contributed by atoms with Gasteiger partial charge in [-0.15, -0.1) is 0 Å². The maximum Gasteiger partial charge on any atom is 0.0807 e. The number of halogens is 1. The molecule has 0 aliphatic rings. The highest BCUT2D eigenvalue weighted by atomic mass is 35.5. The van der Waals surface area contributed by atoms with Crippen molar-refractivity contribution in [1.82, 2.24) is 0 Å². The molecule has 0 radical (unpaired) electrons. The Balaban J connectivity index is 2.47. The molecule has 94 valence electrons. The van der Waals surface area contributed by atoms with Gasteiger partial charge in [-0.25, -0.2) is 0 Å². The van der Waals surface area contributed by atoms with Gasteiger partial charge in [-0.2, -0.15) is 0 Å². The Hall–Kier alpha value is -1.51. The van der Waals surface area contributed by atoms with Crippen LogP contribution in [0.3, 0.4) is 0 Å². The topological polar surface area (TPSA) is 46.2 Å². The van der Waals surface area contributed by atoms with Crippen LogP contribution >= 0.6 is 11.6 Å². The molecule has 1 unspecified atom stereocenters. The van der Waals surface area contributed by atoms with E-state index in [1.807, 2.05) is 49.4 Å². The lowest BCUT2D eigenvalue weighted by Gasteiger charge is -2.13. The summed E-state index contributed by atoms with van der Waals surface area (Å²) >= 11 is 5.98. The molecule has 0 aromatic heterocycles. The summed E-state index contributed by atoms with van der Waals surface area (Å²) in [6, 6.07) is 13.3. The van der Waals surface area contributed by atoms with E-state index in [2.05, 4.69) is 0 Å². The zero-order valence-corrected chi connectivity index (χ0v) is 11.0. The molecule has 3 heteroatoms. The number of hydrogen-bond acceptors (Lipinski definition) is 2. The van der Waals surface area contributed by atoms with Crippen molar-refractivity contribution in [3.8, 4) is 11.1 Å². The van der Waals surface area contributed by atoms with E-state index in [0.29, 0.717) is 17.1 Å². The van der Waals surface area contributed by atoms with Crippen LogP contribution in [0.25, 0.3) is 11.1 Å². The lowest BCUT2D eigenvalue weighted by atomic mass is 9.98. The third kappa shape index (κ3) is 2.66. The number of aliphatic hydroxyl groups excluding tert-OH is 1. The lowest BCUT2D eigenvalue weighted by molar-refractivity contribution is 0.174. The van der Waals surface area contributed by atoms with Gasteiger partial charge in [-0.1, -0.05) is 36.7 Å². The van der Waals surface area contributed by atoms with Crippen molar-refractivity contribution < 1.29 is 5.11 Å². The number of aliphatic hydroxyl groups is 1. The van der Waals surface area contributed by atoms with E-state index in [1.54, 1.807) is 0 Å². The lowest BCUT2D eigenvalue weighted by Crippen LogP contribution is -2.01. The first-order chi connectivity index (χ1) is 8.61. The number of rotatable bonds is 3. The third-order valence-electron chi connectivity index (χ3n) is 2.99. The molecule has 0 amide bonds. The van der Waals surface area contributed by atoms with E-state index in [-0.39, 0.29) is 0 Å². The number of benzene rings is 2. The van der Waals surface area contributed by atoms with Crippen molar-refractivity contribution in [2.45, 2.75) is 19.4 Å². The highest BCUT2D eigenvalue weighted by molar-refractivity contribution is 6.30. The summed E-state index contributed by atoms with van der Waals surface area (Å²) in [6.07, 6.45) is 0.118. The third-order valence-corrected chi connectivity index (χ3v) is 3.23. The molecule has 0 saturated heterocycles. The molecule has 0 spiro atoms. The molecule has 0 bridgehead atoms. The number of anilines is 1. The minimum Gasteiger partial charge on any atom is -0.398 e. The Bertz CT molecular complexity index is 554. The summed E-state index contributed by atoms with van der Waals surface area (Å²) in [6.45, 7) is 1.93. The zero-order chi connectivity index (χ0) is 13.1. The first-order valence-corrected chi connectivity index (χ1v) is 6.33. The van der Waals surface area contributed by atoms with Gasteiger partial charge < -0.3 is 10.8 Å². The first-order valence-electron chi connectivity index (χ1n) is 5.95. The second-order valence-electron chi connectivity index (χ2n) is 4.28. The van der Waals surface area contributed by atoms with E-state index < -0.39 is 6.10 Å². The molecule has 3 N–H and O–H groups in total. The summed E-state index contributed by atoms with van der Waals surface area (Å²) < 4.78 is 0. The van der Waals surface area contributed by atoms with E-state index in [4.69, 9.17) is 17.3 Å². The molecule has 0 saturated carbocycles. The molecule has 2 aromatic carbocycles. The van der Waals surface area contributed by atoms with Gasteiger partial charge in [0, 0.05) is 16.3 Å². The SMILES string of the molecule is CCC(O)c1cc(-c2cccc(Cl)c2)ccc1N. The summed E-state index contributed by atoms with van der Waals surface area (Å²) in [5.74, 6) is 0. The van der Waals surface area contributed by atoms with Crippen LogP contribution in [-0.2, 0) is 0 Å². The Morgan fingerprint density at radius 3 is 2.56 bits per heavy atom. The van der Waals surface area contributed by atoms with Crippen LogP contribution in [0.5, 0.6) is 0 Å². The standard InChI is InChI=1S/C15H16ClNO/c1-2-15(18)13-9-11(6-7-14(13)17)10-4-3-5-12(16)8-10/h3-9,15,18H,2,17H2,1H3. The zero-order valence-electron chi connectivity index (χ0n) is 10.2. The first kappa shape index (κ1) is 12.9. The molecule has 0 aliphatic heterocycles. The maximum atomic E-state index is 9.93. The van der Waals surface area contributed by atoms with Crippen molar-refractivity contribution in [3.05, 3.63) is 53.1 Å². The molecule has 0 aliphatic carbocycles. The van der Waals surface area contributed by atoms with Crippen molar-refractivity contribution in [2.75, 3.05) is 5.73 Å². The van der Waals surface area contributed by atoms with Crippen LogP contribution in [0.2, 0.25) is 5.02 Å². The van der Waals surface area contributed by atoms with Gasteiger partial charge in [0.2, 0.25) is 0 Å². The molecule has 0 heterocycles.